The van der Waals surface area contributed by atoms with Gasteiger partial charge in [0.1, 0.15) is 16.7 Å². The van der Waals surface area contributed by atoms with Gasteiger partial charge in [0.25, 0.3) is 5.56 Å². The van der Waals surface area contributed by atoms with Crippen LogP contribution in [0.4, 0.5) is 0 Å². The van der Waals surface area contributed by atoms with Gasteiger partial charge < -0.3 is 5.11 Å². The van der Waals surface area contributed by atoms with Gasteiger partial charge in [0.15, 0.2) is 0 Å². The lowest BCUT2D eigenvalue weighted by Gasteiger charge is -2.15. The summed E-state index contributed by atoms with van der Waals surface area (Å²) in [5.74, 6) is -0.482. The maximum absolute atomic E-state index is 13.2. The Hall–Kier alpha value is -1.99. The van der Waals surface area contributed by atoms with E-state index in [9.17, 15) is 14.7 Å². The smallest absolute Gasteiger partial charge is 0.326 e. The van der Waals surface area contributed by atoms with Gasteiger partial charge in [-0.3, -0.25) is 9.36 Å². The van der Waals surface area contributed by atoms with Gasteiger partial charge >= 0.3 is 5.97 Å². The van der Waals surface area contributed by atoms with Crippen molar-refractivity contribution < 1.29 is 9.90 Å². The summed E-state index contributed by atoms with van der Waals surface area (Å²) in [5, 5.41) is 11.9. The van der Waals surface area contributed by atoms with Crippen molar-refractivity contribution >= 4 is 38.9 Å². The molecule has 3 aromatic rings. The minimum Gasteiger partial charge on any atom is -0.480 e. The lowest BCUT2D eigenvalue weighted by atomic mass is 10.1. The van der Waals surface area contributed by atoms with Crippen LogP contribution in [-0.2, 0) is 11.2 Å². The van der Waals surface area contributed by atoms with Crippen molar-refractivity contribution in [1.82, 2.24) is 9.55 Å². The van der Waals surface area contributed by atoms with Crippen molar-refractivity contribution in [3.63, 3.8) is 0 Å². The van der Waals surface area contributed by atoms with Crippen molar-refractivity contribution in [2.45, 2.75) is 39.7 Å². The molecule has 0 saturated heterocycles. The van der Waals surface area contributed by atoms with E-state index < -0.39 is 12.0 Å². The third-order valence-corrected chi connectivity index (χ3v) is 5.88. The molecule has 1 N–H and O–H groups in total. The third kappa shape index (κ3) is 2.67. The van der Waals surface area contributed by atoms with E-state index in [1.54, 1.807) is 11.3 Å². The molecule has 3 aromatic heterocycles. The first kappa shape index (κ1) is 16.9. The van der Waals surface area contributed by atoms with Crippen molar-refractivity contribution in [2.75, 3.05) is 0 Å². The molecule has 3 heterocycles. The predicted octanol–water partition coefficient (Wildman–Crippen LogP) is 4.09. The Labute approximate surface area is 147 Å². The van der Waals surface area contributed by atoms with E-state index in [2.05, 4.69) is 4.98 Å². The van der Waals surface area contributed by atoms with Gasteiger partial charge in [-0.25, -0.2) is 9.78 Å². The summed E-state index contributed by atoms with van der Waals surface area (Å²) in [6, 6.07) is 2.98. The summed E-state index contributed by atoms with van der Waals surface area (Å²) in [6.07, 6.45) is 1.38. The number of carboxylic acids is 1. The molecule has 0 saturated carbocycles. The molecule has 0 aliphatic carbocycles. The molecule has 0 amide bonds. The van der Waals surface area contributed by atoms with Crippen LogP contribution < -0.4 is 5.56 Å². The molecule has 5 nitrogen and oxygen atoms in total. The fourth-order valence-corrected chi connectivity index (χ4v) is 4.79. The lowest BCUT2D eigenvalue weighted by Crippen LogP contribution is -2.31. The number of hydrogen-bond acceptors (Lipinski definition) is 5. The fraction of sp³-hybridized carbons (Fsp3) is 0.353. The maximum Gasteiger partial charge on any atom is 0.326 e. The van der Waals surface area contributed by atoms with E-state index in [0.717, 1.165) is 21.7 Å². The summed E-state index contributed by atoms with van der Waals surface area (Å²) in [4.78, 5) is 32.0. The lowest BCUT2D eigenvalue weighted by molar-refractivity contribution is -0.140. The Balaban J connectivity index is 2.39. The van der Waals surface area contributed by atoms with Gasteiger partial charge in [-0.1, -0.05) is 13.0 Å². The van der Waals surface area contributed by atoms with Crippen LogP contribution in [0.1, 0.15) is 37.0 Å². The molecule has 1 atom stereocenters. The molecule has 3 rings (SSSR count). The number of rotatable bonds is 5. The summed E-state index contributed by atoms with van der Waals surface area (Å²) >= 11 is 3.06. The van der Waals surface area contributed by atoms with Crippen molar-refractivity contribution in [3.05, 3.63) is 38.6 Å². The molecule has 0 fully saturated rings. The number of hydrogen-bond donors (Lipinski definition) is 1. The largest absolute Gasteiger partial charge is 0.480 e. The van der Waals surface area contributed by atoms with Crippen LogP contribution in [-0.4, -0.2) is 20.6 Å². The minimum atomic E-state index is -1.03. The average Bonchev–Trinajstić information content (AvgIpc) is 3.14. The molecule has 24 heavy (non-hydrogen) atoms. The average molecular weight is 362 g/mol. The van der Waals surface area contributed by atoms with Gasteiger partial charge in [0.05, 0.1) is 5.39 Å². The zero-order valence-electron chi connectivity index (χ0n) is 13.7. The monoisotopic (exact) mass is 362 g/mol. The number of fused-ring (bicyclic) bond motifs is 1. The minimum absolute atomic E-state index is 0.258. The second-order valence-corrected chi connectivity index (χ2v) is 7.81. The zero-order chi connectivity index (χ0) is 17.4. The SMILES string of the molecule is CCCc1nc2sc(C)c(-c3cccs3)c2c(=O)n1C(C)C(=O)O. The molecule has 0 spiro atoms. The molecular weight excluding hydrogens is 344 g/mol. The van der Waals surface area contributed by atoms with Gasteiger partial charge in [-0.15, -0.1) is 22.7 Å². The van der Waals surface area contributed by atoms with Crippen LogP contribution >= 0.6 is 22.7 Å². The highest BCUT2D eigenvalue weighted by Gasteiger charge is 2.24. The molecule has 1 unspecified atom stereocenters. The van der Waals surface area contributed by atoms with Crippen LogP contribution in [0.25, 0.3) is 20.7 Å². The van der Waals surface area contributed by atoms with Crippen molar-refractivity contribution in [3.8, 4) is 10.4 Å². The van der Waals surface area contributed by atoms with Gasteiger partial charge in [-0.05, 0) is 31.7 Å². The van der Waals surface area contributed by atoms with E-state index in [1.165, 1.54) is 22.8 Å². The molecule has 0 bridgehead atoms. The molecule has 0 aromatic carbocycles. The molecule has 0 aliphatic rings. The van der Waals surface area contributed by atoms with E-state index in [0.29, 0.717) is 22.5 Å². The summed E-state index contributed by atoms with van der Waals surface area (Å²) in [7, 11) is 0. The van der Waals surface area contributed by atoms with Crippen LogP contribution in [0.5, 0.6) is 0 Å². The maximum atomic E-state index is 13.2. The van der Waals surface area contributed by atoms with Crippen molar-refractivity contribution in [2.24, 2.45) is 0 Å². The van der Waals surface area contributed by atoms with Crippen LogP contribution in [0.2, 0.25) is 0 Å². The number of aromatic nitrogens is 2. The summed E-state index contributed by atoms with van der Waals surface area (Å²) < 4.78 is 1.34. The van der Waals surface area contributed by atoms with Crippen LogP contribution in [0, 0.1) is 6.92 Å². The molecule has 0 aliphatic heterocycles. The molecular formula is C17H18N2O3S2. The number of thiophene rings is 2. The summed E-state index contributed by atoms with van der Waals surface area (Å²) in [5.41, 5.74) is 0.628. The first-order chi connectivity index (χ1) is 11.5. The first-order valence-corrected chi connectivity index (χ1v) is 9.46. The number of aliphatic carboxylic acids is 1. The highest BCUT2D eigenvalue weighted by molar-refractivity contribution is 7.20. The Bertz CT molecular complexity index is 955. The number of carboxylic acid groups (broad SMARTS) is 1. The second-order valence-electron chi connectivity index (χ2n) is 5.66. The number of carbonyl (C=O) groups is 1. The fourth-order valence-electron chi connectivity index (χ4n) is 2.84. The third-order valence-electron chi connectivity index (χ3n) is 3.99. The number of aryl methyl sites for hydroxylation is 2. The second kappa shape index (κ2) is 6.49. The zero-order valence-corrected chi connectivity index (χ0v) is 15.3. The topological polar surface area (TPSA) is 72.2 Å². The van der Waals surface area contributed by atoms with E-state index >= 15 is 0 Å². The highest BCUT2D eigenvalue weighted by Crippen LogP contribution is 2.38. The van der Waals surface area contributed by atoms with Gasteiger partial charge in [0.2, 0.25) is 0 Å². The molecule has 0 radical (unpaired) electrons. The summed E-state index contributed by atoms with van der Waals surface area (Å²) in [6.45, 7) is 5.49. The van der Waals surface area contributed by atoms with E-state index in [-0.39, 0.29) is 5.56 Å². The Kier molecular flexibility index (Phi) is 4.56. The van der Waals surface area contributed by atoms with Crippen molar-refractivity contribution in [1.29, 1.82) is 0 Å². The van der Waals surface area contributed by atoms with Gasteiger partial charge in [0, 0.05) is 21.7 Å². The Morgan fingerprint density at radius 2 is 2.21 bits per heavy atom. The highest BCUT2D eigenvalue weighted by atomic mass is 32.1. The van der Waals surface area contributed by atoms with Gasteiger partial charge in [-0.2, -0.15) is 0 Å². The molecule has 126 valence electrons. The quantitative estimate of drug-likeness (QED) is 0.742. The van der Waals surface area contributed by atoms with Crippen LogP contribution in [0.15, 0.2) is 22.3 Å². The predicted molar refractivity (Wildman–Crippen MR) is 98.3 cm³/mol. The Morgan fingerprint density at radius 3 is 2.79 bits per heavy atom. The molecule has 7 heteroatoms. The first-order valence-electron chi connectivity index (χ1n) is 7.76. The van der Waals surface area contributed by atoms with Crippen LogP contribution in [0.3, 0.4) is 0 Å². The normalized spacial score (nSPS) is 12.6. The van der Waals surface area contributed by atoms with E-state index in [1.807, 2.05) is 31.4 Å². The number of nitrogens with zero attached hydrogens (tertiary/aromatic N) is 2. The Morgan fingerprint density at radius 1 is 1.46 bits per heavy atom. The van der Waals surface area contributed by atoms with E-state index in [4.69, 9.17) is 0 Å². The standard InChI is InChI=1S/C17H18N2O3S2/c1-4-6-12-18-15-14(16(20)19(12)9(2)17(21)22)13(10(3)24-15)11-7-5-8-23-11/h5,7-9H,4,6H2,1-3H3,(H,21,22).